The van der Waals surface area contributed by atoms with Gasteiger partial charge < -0.3 is 10.2 Å². The van der Waals surface area contributed by atoms with Crippen LogP contribution in [-0.4, -0.2) is 49.2 Å². The van der Waals surface area contributed by atoms with Gasteiger partial charge in [0.25, 0.3) is 0 Å². The highest BCUT2D eigenvalue weighted by atomic mass is 79.9. The van der Waals surface area contributed by atoms with Crippen molar-refractivity contribution in [2.75, 3.05) is 26.3 Å². The molecule has 2 N–H and O–H groups in total. The molecule has 0 atom stereocenters. The Balaban J connectivity index is 3.28. The van der Waals surface area contributed by atoms with Crippen LogP contribution in [0.1, 0.15) is 11.1 Å². The maximum atomic E-state index is 12.5. The molecule has 1 rings (SSSR count). The van der Waals surface area contributed by atoms with Crippen LogP contribution in [0.3, 0.4) is 0 Å². The standard InChI is InChI=1S/C12H18BrNO4S/c1-9-8-12(10(2)7-11(9)13)19(17,18)14(3-5-15)4-6-16/h7-8,15-16H,3-6H2,1-2H3. The second-order valence-electron chi connectivity index (χ2n) is 4.22. The normalized spacial score (nSPS) is 12.1. The van der Waals surface area contributed by atoms with Crippen molar-refractivity contribution < 1.29 is 18.6 Å². The maximum absolute atomic E-state index is 12.5. The Labute approximate surface area is 122 Å². The number of hydrogen-bond acceptors (Lipinski definition) is 4. The molecule has 0 aliphatic heterocycles. The zero-order valence-corrected chi connectivity index (χ0v) is 13.3. The quantitative estimate of drug-likeness (QED) is 0.802. The van der Waals surface area contributed by atoms with Crippen molar-refractivity contribution in [1.82, 2.24) is 4.31 Å². The van der Waals surface area contributed by atoms with Gasteiger partial charge in [0.1, 0.15) is 0 Å². The van der Waals surface area contributed by atoms with E-state index in [4.69, 9.17) is 10.2 Å². The highest BCUT2D eigenvalue weighted by molar-refractivity contribution is 9.10. The van der Waals surface area contributed by atoms with Gasteiger partial charge in [-0.15, -0.1) is 0 Å². The summed E-state index contributed by atoms with van der Waals surface area (Å²) >= 11 is 3.36. The lowest BCUT2D eigenvalue weighted by Gasteiger charge is -2.21. The van der Waals surface area contributed by atoms with E-state index in [1.807, 2.05) is 6.92 Å². The monoisotopic (exact) mass is 351 g/mol. The average molecular weight is 352 g/mol. The van der Waals surface area contributed by atoms with Crippen LogP contribution >= 0.6 is 15.9 Å². The number of benzene rings is 1. The molecule has 7 heteroatoms. The first kappa shape index (κ1) is 16.6. The van der Waals surface area contributed by atoms with Gasteiger partial charge in [0, 0.05) is 17.6 Å². The van der Waals surface area contributed by atoms with Gasteiger partial charge in [-0.05, 0) is 37.1 Å². The van der Waals surface area contributed by atoms with E-state index in [0.29, 0.717) is 5.56 Å². The van der Waals surface area contributed by atoms with Crippen molar-refractivity contribution in [1.29, 1.82) is 0 Å². The molecule has 0 radical (unpaired) electrons. The molecule has 108 valence electrons. The lowest BCUT2D eigenvalue weighted by Crippen LogP contribution is -2.36. The van der Waals surface area contributed by atoms with Gasteiger partial charge in [-0.25, -0.2) is 8.42 Å². The van der Waals surface area contributed by atoms with Crippen LogP contribution in [0.25, 0.3) is 0 Å². The summed E-state index contributed by atoms with van der Waals surface area (Å²) in [5, 5.41) is 17.9. The van der Waals surface area contributed by atoms with Gasteiger partial charge in [0.05, 0.1) is 18.1 Å². The van der Waals surface area contributed by atoms with E-state index in [2.05, 4.69) is 15.9 Å². The molecule has 0 aliphatic carbocycles. The number of aryl methyl sites for hydroxylation is 2. The summed E-state index contributed by atoms with van der Waals surface area (Å²) in [6.07, 6.45) is 0. The fraction of sp³-hybridized carbons (Fsp3) is 0.500. The molecule has 0 saturated carbocycles. The molecule has 0 fully saturated rings. The third-order valence-electron chi connectivity index (χ3n) is 2.77. The number of nitrogens with zero attached hydrogens (tertiary/aromatic N) is 1. The van der Waals surface area contributed by atoms with E-state index < -0.39 is 10.0 Å². The largest absolute Gasteiger partial charge is 0.395 e. The van der Waals surface area contributed by atoms with E-state index in [9.17, 15) is 8.42 Å². The average Bonchev–Trinajstić information content (AvgIpc) is 2.33. The molecule has 0 amide bonds. The molecule has 0 heterocycles. The zero-order chi connectivity index (χ0) is 14.6. The fourth-order valence-corrected chi connectivity index (χ4v) is 3.92. The third kappa shape index (κ3) is 3.76. The minimum atomic E-state index is -3.70. The van der Waals surface area contributed by atoms with Crippen molar-refractivity contribution >= 4 is 26.0 Å². The van der Waals surface area contributed by atoms with E-state index in [-0.39, 0.29) is 31.2 Å². The van der Waals surface area contributed by atoms with Gasteiger partial charge >= 0.3 is 0 Å². The first-order valence-corrected chi connectivity index (χ1v) is 8.06. The molecule has 0 unspecified atom stereocenters. The second kappa shape index (κ2) is 6.81. The molecule has 19 heavy (non-hydrogen) atoms. The molecule has 5 nitrogen and oxygen atoms in total. The van der Waals surface area contributed by atoms with E-state index in [1.165, 1.54) is 0 Å². The van der Waals surface area contributed by atoms with E-state index in [1.54, 1.807) is 19.1 Å². The topological polar surface area (TPSA) is 77.8 Å². The maximum Gasteiger partial charge on any atom is 0.243 e. The summed E-state index contributed by atoms with van der Waals surface area (Å²) in [6, 6.07) is 3.34. The summed E-state index contributed by atoms with van der Waals surface area (Å²) < 4.78 is 26.9. The van der Waals surface area contributed by atoms with Crippen LogP contribution in [0.5, 0.6) is 0 Å². The lowest BCUT2D eigenvalue weighted by molar-refractivity contribution is 0.217. The van der Waals surface area contributed by atoms with Crippen molar-refractivity contribution in [2.24, 2.45) is 0 Å². The van der Waals surface area contributed by atoms with Crippen LogP contribution in [0, 0.1) is 13.8 Å². The molecule has 0 saturated heterocycles. The van der Waals surface area contributed by atoms with Gasteiger partial charge in [0.2, 0.25) is 10.0 Å². The van der Waals surface area contributed by atoms with Gasteiger partial charge in [-0.1, -0.05) is 15.9 Å². The Morgan fingerprint density at radius 3 is 2.11 bits per heavy atom. The minimum Gasteiger partial charge on any atom is -0.395 e. The number of sulfonamides is 1. The number of aliphatic hydroxyl groups is 2. The van der Waals surface area contributed by atoms with Gasteiger partial charge in [0.15, 0.2) is 0 Å². The van der Waals surface area contributed by atoms with E-state index >= 15 is 0 Å². The Hall–Kier alpha value is -0.470. The van der Waals surface area contributed by atoms with Crippen molar-refractivity contribution in [3.05, 3.63) is 27.7 Å². The Morgan fingerprint density at radius 2 is 1.63 bits per heavy atom. The van der Waals surface area contributed by atoms with Crippen LogP contribution in [0.15, 0.2) is 21.5 Å². The van der Waals surface area contributed by atoms with Gasteiger partial charge in [-0.2, -0.15) is 4.31 Å². The van der Waals surface area contributed by atoms with Crippen molar-refractivity contribution in [3.63, 3.8) is 0 Å². The summed E-state index contributed by atoms with van der Waals surface area (Å²) in [7, 11) is -3.70. The van der Waals surface area contributed by atoms with Crippen LogP contribution < -0.4 is 0 Å². The molecule has 0 aliphatic rings. The highest BCUT2D eigenvalue weighted by Gasteiger charge is 2.25. The Morgan fingerprint density at radius 1 is 1.11 bits per heavy atom. The Bertz CT molecular complexity index is 539. The molecular formula is C12H18BrNO4S. The number of aliphatic hydroxyl groups excluding tert-OH is 2. The first-order valence-electron chi connectivity index (χ1n) is 5.83. The van der Waals surface area contributed by atoms with E-state index in [0.717, 1.165) is 14.3 Å². The predicted molar refractivity (Wildman–Crippen MR) is 76.5 cm³/mol. The summed E-state index contributed by atoms with van der Waals surface area (Å²) in [6.45, 7) is 2.90. The minimum absolute atomic E-state index is 0.0303. The second-order valence-corrected chi connectivity index (χ2v) is 6.98. The van der Waals surface area contributed by atoms with Crippen LogP contribution in [0.4, 0.5) is 0 Å². The van der Waals surface area contributed by atoms with Gasteiger partial charge in [-0.3, -0.25) is 0 Å². The fourth-order valence-electron chi connectivity index (χ4n) is 1.75. The summed E-state index contributed by atoms with van der Waals surface area (Å²) in [5.41, 5.74) is 1.44. The number of rotatable bonds is 6. The number of hydrogen-bond donors (Lipinski definition) is 2. The van der Waals surface area contributed by atoms with Crippen molar-refractivity contribution in [2.45, 2.75) is 18.7 Å². The SMILES string of the molecule is Cc1cc(S(=O)(=O)N(CCO)CCO)c(C)cc1Br. The molecular weight excluding hydrogens is 334 g/mol. The predicted octanol–water partition coefficient (Wildman–Crippen LogP) is 1.04. The Kier molecular flexibility index (Phi) is 5.94. The van der Waals surface area contributed by atoms with Crippen molar-refractivity contribution in [3.8, 4) is 0 Å². The summed E-state index contributed by atoms with van der Waals surface area (Å²) in [5.74, 6) is 0. The molecule has 0 bridgehead atoms. The summed E-state index contributed by atoms with van der Waals surface area (Å²) in [4.78, 5) is 0.204. The molecule has 0 aromatic heterocycles. The number of halogens is 1. The zero-order valence-electron chi connectivity index (χ0n) is 10.9. The first-order chi connectivity index (χ1) is 8.84. The smallest absolute Gasteiger partial charge is 0.243 e. The molecule has 1 aromatic rings. The molecule has 1 aromatic carbocycles. The van der Waals surface area contributed by atoms with Crippen LogP contribution in [-0.2, 0) is 10.0 Å². The van der Waals surface area contributed by atoms with Crippen LogP contribution in [0.2, 0.25) is 0 Å². The molecule has 0 spiro atoms. The lowest BCUT2D eigenvalue weighted by atomic mass is 10.2. The third-order valence-corrected chi connectivity index (χ3v) is 5.67. The highest BCUT2D eigenvalue weighted by Crippen LogP contribution is 2.26.